The Bertz CT molecular complexity index is 803. The number of benzene rings is 3. The summed E-state index contributed by atoms with van der Waals surface area (Å²) < 4.78 is 6.23. The van der Waals surface area contributed by atoms with Gasteiger partial charge in [0.1, 0.15) is 0 Å². The molecule has 1 saturated heterocycles. The van der Waals surface area contributed by atoms with E-state index < -0.39 is 0 Å². The maximum absolute atomic E-state index is 6.23. The van der Waals surface area contributed by atoms with Crippen LogP contribution in [0.1, 0.15) is 24.8 Å². The zero-order chi connectivity index (χ0) is 14.3. The summed E-state index contributed by atoms with van der Waals surface area (Å²) in [4.78, 5) is 0. The smallest absolute Gasteiger partial charge is 0.0729 e. The van der Waals surface area contributed by atoms with E-state index in [9.17, 15) is 0 Å². The van der Waals surface area contributed by atoms with E-state index in [1.165, 1.54) is 46.4 Å². The van der Waals surface area contributed by atoms with Gasteiger partial charge in [-0.05, 0) is 46.4 Å². The molecule has 2 heteroatoms. The number of ether oxygens (including phenoxy) is 1. The number of hydrogen-bond acceptors (Lipinski definition) is 1. The molecule has 0 radical (unpaired) electrons. The van der Waals surface area contributed by atoms with Crippen LogP contribution >= 0.6 is 0 Å². The standard InChI is InChI=1S/C19H20OSi/c21-19(12-3-4-13-20-19)18-9-5-8-16-15-7-2-1-6-14(15)10-11-17(16)18/h1-2,5-11H,3-4,12-13H2,21H3. The van der Waals surface area contributed by atoms with Crippen LogP contribution < -0.4 is 0 Å². The quantitative estimate of drug-likeness (QED) is 0.491. The minimum Gasteiger partial charge on any atom is -0.375 e. The van der Waals surface area contributed by atoms with Gasteiger partial charge < -0.3 is 4.74 Å². The van der Waals surface area contributed by atoms with Crippen LogP contribution in [-0.4, -0.2) is 16.8 Å². The van der Waals surface area contributed by atoms with E-state index in [4.69, 9.17) is 4.74 Å². The van der Waals surface area contributed by atoms with Crippen LogP contribution in [-0.2, 0) is 9.96 Å². The molecule has 1 aliphatic heterocycles. The fourth-order valence-electron chi connectivity index (χ4n) is 3.65. The summed E-state index contributed by atoms with van der Waals surface area (Å²) in [6.45, 7) is 0.910. The van der Waals surface area contributed by atoms with Gasteiger partial charge >= 0.3 is 0 Å². The molecule has 1 heterocycles. The lowest BCUT2D eigenvalue weighted by atomic mass is 9.92. The summed E-state index contributed by atoms with van der Waals surface area (Å²) in [6, 6.07) is 19.9. The van der Waals surface area contributed by atoms with Crippen LogP contribution in [0.5, 0.6) is 0 Å². The van der Waals surface area contributed by atoms with E-state index in [0.29, 0.717) is 0 Å². The van der Waals surface area contributed by atoms with E-state index in [1.54, 1.807) is 0 Å². The lowest BCUT2D eigenvalue weighted by Crippen LogP contribution is -2.34. The number of rotatable bonds is 1. The van der Waals surface area contributed by atoms with E-state index in [0.717, 1.165) is 16.8 Å². The first-order valence-corrected chi connectivity index (χ1v) is 8.83. The fraction of sp³-hybridized carbons (Fsp3) is 0.263. The Balaban J connectivity index is 2.00. The Kier molecular flexibility index (Phi) is 3.09. The molecule has 0 aromatic heterocycles. The van der Waals surface area contributed by atoms with Crippen molar-refractivity contribution >= 4 is 31.8 Å². The van der Waals surface area contributed by atoms with Crippen LogP contribution in [0.4, 0.5) is 0 Å². The Morgan fingerprint density at radius 2 is 1.67 bits per heavy atom. The van der Waals surface area contributed by atoms with Crippen LogP contribution in [0, 0.1) is 0 Å². The average Bonchev–Trinajstić information content (AvgIpc) is 2.55. The topological polar surface area (TPSA) is 9.23 Å². The first-order chi connectivity index (χ1) is 10.3. The van der Waals surface area contributed by atoms with Gasteiger partial charge in [0.15, 0.2) is 0 Å². The SMILES string of the molecule is [SiH3]C1(c2cccc3c2ccc2ccccc23)CCCCO1. The minimum absolute atomic E-state index is 0.000215. The van der Waals surface area contributed by atoms with Gasteiger partial charge in [-0.25, -0.2) is 0 Å². The molecule has 0 bridgehead atoms. The van der Waals surface area contributed by atoms with Crippen LogP contribution in [0.2, 0.25) is 0 Å². The van der Waals surface area contributed by atoms with E-state index in [1.807, 2.05) is 0 Å². The van der Waals surface area contributed by atoms with Crippen molar-refractivity contribution in [3.05, 3.63) is 60.2 Å². The molecule has 1 unspecified atom stereocenters. The molecule has 0 spiro atoms. The molecule has 1 nitrogen and oxygen atoms in total. The highest BCUT2D eigenvalue weighted by Gasteiger charge is 2.31. The molecule has 3 aromatic carbocycles. The Labute approximate surface area is 128 Å². The number of hydrogen-bond donors (Lipinski definition) is 0. The highest BCUT2D eigenvalue weighted by molar-refractivity contribution is 6.18. The normalized spacial score (nSPS) is 22.9. The monoisotopic (exact) mass is 292 g/mol. The second-order valence-corrected chi connectivity index (χ2v) is 7.84. The Morgan fingerprint density at radius 3 is 2.52 bits per heavy atom. The van der Waals surface area contributed by atoms with E-state index in [2.05, 4.69) is 54.6 Å². The third-order valence-corrected chi connectivity index (χ3v) is 6.15. The van der Waals surface area contributed by atoms with Crippen molar-refractivity contribution in [2.45, 2.75) is 24.5 Å². The molecule has 0 saturated carbocycles. The fourth-order valence-corrected chi connectivity index (χ4v) is 4.64. The second-order valence-electron chi connectivity index (χ2n) is 6.22. The zero-order valence-corrected chi connectivity index (χ0v) is 14.4. The first kappa shape index (κ1) is 13.1. The molecule has 0 amide bonds. The van der Waals surface area contributed by atoms with Gasteiger partial charge in [-0.15, -0.1) is 0 Å². The summed E-state index contributed by atoms with van der Waals surface area (Å²) in [7, 11) is 1.05. The third-order valence-electron chi connectivity index (χ3n) is 4.83. The molecule has 0 N–H and O–H groups in total. The molecule has 1 atom stereocenters. The minimum atomic E-state index is 0.000215. The molecule has 1 fully saturated rings. The third kappa shape index (κ3) is 2.10. The van der Waals surface area contributed by atoms with E-state index >= 15 is 0 Å². The second kappa shape index (κ2) is 4.97. The van der Waals surface area contributed by atoms with Gasteiger partial charge in [-0.2, -0.15) is 0 Å². The summed E-state index contributed by atoms with van der Waals surface area (Å²) in [5, 5.41) is 5.38. The Hall–Kier alpha value is -1.64. The maximum Gasteiger partial charge on any atom is 0.0729 e. The van der Waals surface area contributed by atoms with Crippen molar-refractivity contribution in [3.8, 4) is 0 Å². The summed E-state index contributed by atoms with van der Waals surface area (Å²) in [5.41, 5.74) is 1.40. The molecule has 106 valence electrons. The van der Waals surface area contributed by atoms with Gasteiger partial charge in [-0.3, -0.25) is 0 Å². The molecule has 4 rings (SSSR count). The van der Waals surface area contributed by atoms with Gasteiger partial charge in [0.25, 0.3) is 0 Å². The van der Waals surface area contributed by atoms with Gasteiger partial charge in [0.2, 0.25) is 0 Å². The number of fused-ring (bicyclic) bond motifs is 3. The molecular weight excluding hydrogens is 272 g/mol. The summed E-state index contributed by atoms with van der Waals surface area (Å²) in [6.07, 6.45) is 3.66. The first-order valence-electron chi connectivity index (χ1n) is 7.83. The van der Waals surface area contributed by atoms with Crippen LogP contribution in [0.3, 0.4) is 0 Å². The van der Waals surface area contributed by atoms with Gasteiger partial charge in [-0.1, -0.05) is 54.6 Å². The van der Waals surface area contributed by atoms with Crippen molar-refractivity contribution in [1.29, 1.82) is 0 Å². The van der Waals surface area contributed by atoms with Crippen LogP contribution in [0.25, 0.3) is 21.5 Å². The molecule has 1 aliphatic rings. The van der Waals surface area contributed by atoms with Crippen molar-refractivity contribution in [3.63, 3.8) is 0 Å². The predicted octanol–water partition coefficient (Wildman–Crippen LogP) is 3.71. The van der Waals surface area contributed by atoms with Gasteiger partial charge in [0, 0.05) is 16.8 Å². The average molecular weight is 292 g/mol. The molecule has 3 aromatic rings. The summed E-state index contributed by atoms with van der Waals surface area (Å²) in [5.74, 6) is 0. The van der Waals surface area contributed by atoms with Crippen molar-refractivity contribution in [1.82, 2.24) is 0 Å². The highest BCUT2D eigenvalue weighted by Crippen LogP contribution is 2.38. The van der Waals surface area contributed by atoms with Crippen molar-refractivity contribution < 1.29 is 4.74 Å². The molecule has 21 heavy (non-hydrogen) atoms. The van der Waals surface area contributed by atoms with Crippen molar-refractivity contribution in [2.75, 3.05) is 6.61 Å². The molecule has 0 aliphatic carbocycles. The Morgan fingerprint density at radius 1 is 0.810 bits per heavy atom. The molecular formula is C19H20OSi. The maximum atomic E-state index is 6.23. The van der Waals surface area contributed by atoms with Crippen LogP contribution in [0.15, 0.2) is 54.6 Å². The van der Waals surface area contributed by atoms with E-state index in [-0.39, 0.29) is 5.22 Å². The zero-order valence-electron chi connectivity index (χ0n) is 12.4. The summed E-state index contributed by atoms with van der Waals surface area (Å²) >= 11 is 0. The van der Waals surface area contributed by atoms with Crippen molar-refractivity contribution in [2.24, 2.45) is 0 Å². The highest BCUT2D eigenvalue weighted by atomic mass is 28.1. The lowest BCUT2D eigenvalue weighted by molar-refractivity contribution is -0.0200. The van der Waals surface area contributed by atoms with Gasteiger partial charge in [0.05, 0.1) is 5.22 Å². The largest absolute Gasteiger partial charge is 0.375 e. The lowest BCUT2D eigenvalue weighted by Gasteiger charge is -2.35. The predicted molar refractivity (Wildman–Crippen MR) is 92.9 cm³/mol.